The molecule has 0 bridgehead atoms. The topological polar surface area (TPSA) is 47.4 Å². The van der Waals surface area contributed by atoms with Gasteiger partial charge in [-0.2, -0.15) is 5.10 Å². The highest BCUT2D eigenvalue weighted by Crippen LogP contribution is 2.19. The van der Waals surface area contributed by atoms with Crippen LogP contribution in [0.3, 0.4) is 0 Å². The van der Waals surface area contributed by atoms with Gasteiger partial charge in [0.15, 0.2) is 0 Å². The molecule has 0 saturated heterocycles. The van der Waals surface area contributed by atoms with E-state index in [1.54, 1.807) is 7.11 Å². The van der Waals surface area contributed by atoms with Gasteiger partial charge in [-0.1, -0.05) is 13.3 Å². The summed E-state index contributed by atoms with van der Waals surface area (Å²) in [4.78, 5) is 14.4. The van der Waals surface area contributed by atoms with Crippen molar-refractivity contribution in [3.63, 3.8) is 0 Å². The summed E-state index contributed by atoms with van der Waals surface area (Å²) in [6.07, 6.45) is 5.29. The molecule has 0 radical (unpaired) electrons. The third kappa shape index (κ3) is 2.97. The summed E-state index contributed by atoms with van der Waals surface area (Å²) in [6.45, 7) is 3.53. The van der Waals surface area contributed by atoms with Crippen LogP contribution in [0.2, 0.25) is 0 Å². The molecule has 0 aromatic carbocycles. The van der Waals surface area contributed by atoms with Crippen LogP contribution in [-0.4, -0.2) is 40.3 Å². The fourth-order valence-electron chi connectivity index (χ4n) is 2.68. The molecule has 0 spiro atoms. The van der Waals surface area contributed by atoms with Gasteiger partial charge in [-0.3, -0.25) is 9.48 Å². The molecular weight excluding hydrogens is 242 g/mol. The average Bonchev–Trinajstić information content (AvgIpc) is 2.65. The molecule has 2 rings (SSSR count). The van der Waals surface area contributed by atoms with Crippen LogP contribution in [0, 0.1) is 0 Å². The van der Waals surface area contributed by atoms with Crippen molar-refractivity contribution in [1.29, 1.82) is 0 Å². The summed E-state index contributed by atoms with van der Waals surface area (Å²) in [5.74, 6) is 0.112. The molecular formula is C14H23N3O2. The molecule has 1 aliphatic heterocycles. The van der Waals surface area contributed by atoms with Gasteiger partial charge in [-0.25, -0.2) is 0 Å². The van der Waals surface area contributed by atoms with Gasteiger partial charge in [0.25, 0.3) is 5.91 Å². The molecule has 1 aromatic rings. The summed E-state index contributed by atoms with van der Waals surface area (Å²) in [5, 5.41) is 4.28. The predicted molar refractivity (Wildman–Crippen MR) is 72.7 cm³/mol. The van der Waals surface area contributed by atoms with Crippen LogP contribution >= 0.6 is 0 Å². The third-order valence-corrected chi connectivity index (χ3v) is 3.77. The van der Waals surface area contributed by atoms with E-state index < -0.39 is 0 Å². The van der Waals surface area contributed by atoms with Crippen molar-refractivity contribution < 1.29 is 9.53 Å². The molecule has 1 aliphatic rings. The average molecular weight is 265 g/mol. The zero-order valence-corrected chi connectivity index (χ0v) is 12.1. The smallest absolute Gasteiger partial charge is 0.251 e. The minimum absolute atomic E-state index is 0.112. The van der Waals surface area contributed by atoms with Crippen molar-refractivity contribution in [3.8, 4) is 0 Å². The second-order valence-corrected chi connectivity index (χ2v) is 5.12. The minimum Gasteiger partial charge on any atom is -0.372 e. The molecule has 1 atom stereocenters. The normalized spacial score (nSPS) is 16.9. The molecule has 2 heterocycles. The Morgan fingerprint density at radius 3 is 3.05 bits per heavy atom. The van der Waals surface area contributed by atoms with Crippen LogP contribution in [0.5, 0.6) is 0 Å². The minimum atomic E-state index is -0.303. The Balaban J connectivity index is 2.11. The van der Waals surface area contributed by atoms with E-state index in [0.29, 0.717) is 6.54 Å². The second kappa shape index (κ2) is 6.19. The first-order valence-corrected chi connectivity index (χ1v) is 6.98. The molecule has 0 saturated carbocycles. The molecule has 0 N–H and O–H groups in total. The van der Waals surface area contributed by atoms with E-state index in [-0.39, 0.29) is 12.0 Å². The summed E-state index contributed by atoms with van der Waals surface area (Å²) >= 11 is 0. The SMILES string of the molecule is CCCC(OC)C(=O)N1CCCc2c(cnn2C)C1. The van der Waals surface area contributed by atoms with Gasteiger partial charge in [0.05, 0.1) is 6.20 Å². The number of aromatic nitrogens is 2. The van der Waals surface area contributed by atoms with Gasteiger partial charge in [0.2, 0.25) is 0 Å². The van der Waals surface area contributed by atoms with Crippen LogP contribution < -0.4 is 0 Å². The van der Waals surface area contributed by atoms with E-state index in [2.05, 4.69) is 12.0 Å². The highest BCUT2D eigenvalue weighted by atomic mass is 16.5. The van der Waals surface area contributed by atoms with E-state index in [9.17, 15) is 4.79 Å². The number of nitrogens with zero attached hydrogens (tertiary/aromatic N) is 3. The van der Waals surface area contributed by atoms with Gasteiger partial charge < -0.3 is 9.64 Å². The van der Waals surface area contributed by atoms with E-state index in [0.717, 1.165) is 32.2 Å². The maximum atomic E-state index is 12.5. The number of carbonyl (C=O) groups excluding carboxylic acids is 1. The van der Waals surface area contributed by atoms with Crippen molar-refractivity contribution >= 4 is 5.91 Å². The Morgan fingerprint density at radius 1 is 1.58 bits per heavy atom. The molecule has 0 fully saturated rings. The number of hydrogen-bond donors (Lipinski definition) is 0. The lowest BCUT2D eigenvalue weighted by atomic mass is 10.1. The van der Waals surface area contributed by atoms with Crippen molar-refractivity contribution in [2.75, 3.05) is 13.7 Å². The highest BCUT2D eigenvalue weighted by molar-refractivity contribution is 5.81. The van der Waals surface area contributed by atoms with Gasteiger partial charge in [0, 0.05) is 38.5 Å². The molecule has 1 aromatic heterocycles. The summed E-state index contributed by atoms with van der Waals surface area (Å²) in [6, 6.07) is 0. The number of fused-ring (bicyclic) bond motifs is 1. The lowest BCUT2D eigenvalue weighted by Crippen LogP contribution is -2.39. The number of rotatable bonds is 4. The molecule has 1 amide bonds. The van der Waals surface area contributed by atoms with Gasteiger partial charge in [-0.15, -0.1) is 0 Å². The van der Waals surface area contributed by atoms with E-state index in [1.807, 2.05) is 22.8 Å². The summed E-state index contributed by atoms with van der Waals surface area (Å²) in [5.41, 5.74) is 2.42. The molecule has 1 unspecified atom stereocenters. The zero-order valence-electron chi connectivity index (χ0n) is 12.1. The van der Waals surface area contributed by atoms with Gasteiger partial charge >= 0.3 is 0 Å². The molecule has 106 valence electrons. The van der Waals surface area contributed by atoms with Crippen LogP contribution in [0.1, 0.15) is 37.4 Å². The largest absolute Gasteiger partial charge is 0.372 e. The molecule has 0 aliphatic carbocycles. The zero-order chi connectivity index (χ0) is 13.8. The number of amides is 1. The Kier molecular flexibility index (Phi) is 4.58. The Morgan fingerprint density at radius 2 is 2.37 bits per heavy atom. The quantitative estimate of drug-likeness (QED) is 0.829. The van der Waals surface area contributed by atoms with Crippen LogP contribution in [0.25, 0.3) is 0 Å². The highest BCUT2D eigenvalue weighted by Gasteiger charge is 2.26. The first-order chi connectivity index (χ1) is 9.17. The summed E-state index contributed by atoms with van der Waals surface area (Å²) < 4.78 is 7.25. The maximum Gasteiger partial charge on any atom is 0.251 e. The van der Waals surface area contributed by atoms with Gasteiger partial charge in [-0.05, 0) is 19.3 Å². The first kappa shape index (κ1) is 14.1. The summed E-state index contributed by atoms with van der Waals surface area (Å²) in [7, 11) is 3.58. The lowest BCUT2D eigenvalue weighted by Gasteiger charge is -2.25. The second-order valence-electron chi connectivity index (χ2n) is 5.12. The fraction of sp³-hybridized carbons (Fsp3) is 0.714. The third-order valence-electron chi connectivity index (χ3n) is 3.77. The Bertz CT molecular complexity index is 442. The molecule has 5 heteroatoms. The van der Waals surface area contributed by atoms with E-state index in [1.165, 1.54) is 11.3 Å². The lowest BCUT2D eigenvalue weighted by molar-refractivity contribution is -0.143. The van der Waals surface area contributed by atoms with E-state index in [4.69, 9.17) is 4.74 Å². The van der Waals surface area contributed by atoms with Crippen LogP contribution in [0.4, 0.5) is 0 Å². The van der Waals surface area contributed by atoms with Gasteiger partial charge in [0.1, 0.15) is 6.10 Å². The van der Waals surface area contributed by atoms with Crippen molar-refractivity contribution in [3.05, 3.63) is 17.5 Å². The molecule has 5 nitrogen and oxygen atoms in total. The van der Waals surface area contributed by atoms with Crippen LogP contribution in [-0.2, 0) is 29.5 Å². The van der Waals surface area contributed by atoms with Crippen LogP contribution in [0.15, 0.2) is 6.20 Å². The predicted octanol–water partition coefficient (Wildman–Crippen LogP) is 1.51. The monoisotopic (exact) mass is 265 g/mol. The number of ether oxygens (including phenoxy) is 1. The number of aryl methyl sites for hydroxylation is 1. The number of carbonyl (C=O) groups is 1. The fourth-order valence-corrected chi connectivity index (χ4v) is 2.68. The Hall–Kier alpha value is -1.36. The maximum absolute atomic E-state index is 12.5. The Labute approximate surface area is 114 Å². The van der Waals surface area contributed by atoms with E-state index >= 15 is 0 Å². The standard InChI is InChI=1S/C14H23N3O2/c1-4-6-13(19-3)14(18)17-8-5-7-12-11(10-17)9-15-16(12)2/h9,13H,4-8,10H2,1-3H3. The first-order valence-electron chi connectivity index (χ1n) is 6.98. The number of hydrogen-bond acceptors (Lipinski definition) is 3. The van der Waals surface area contributed by atoms with Crippen molar-refractivity contribution in [2.45, 2.75) is 45.3 Å². The number of methoxy groups -OCH3 is 1. The van der Waals surface area contributed by atoms with Crippen molar-refractivity contribution in [1.82, 2.24) is 14.7 Å². The van der Waals surface area contributed by atoms with Crippen molar-refractivity contribution in [2.24, 2.45) is 7.05 Å². The molecule has 19 heavy (non-hydrogen) atoms.